The number of aryl methyl sites for hydroxylation is 2. The Morgan fingerprint density at radius 1 is 1.44 bits per heavy atom. The normalized spacial score (nSPS) is 24.4. The second-order valence-corrected chi connectivity index (χ2v) is 5.79. The van der Waals surface area contributed by atoms with Crippen molar-refractivity contribution in [1.82, 2.24) is 15.1 Å². The summed E-state index contributed by atoms with van der Waals surface area (Å²) in [6.07, 6.45) is 4.15. The van der Waals surface area contributed by atoms with E-state index in [-0.39, 0.29) is 12.1 Å². The van der Waals surface area contributed by atoms with Gasteiger partial charge in [-0.25, -0.2) is 0 Å². The molecular weight excluding hydrogens is 294 g/mol. The van der Waals surface area contributed by atoms with Crippen LogP contribution in [0.2, 0.25) is 0 Å². The van der Waals surface area contributed by atoms with Crippen molar-refractivity contribution in [2.75, 3.05) is 0 Å². The van der Waals surface area contributed by atoms with Crippen LogP contribution in [0.1, 0.15) is 44.0 Å². The molecule has 1 aromatic rings. The molecule has 2 unspecified atom stereocenters. The summed E-state index contributed by atoms with van der Waals surface area (Å²) in [4.78, 5) is 0. The Kier molecular flexibility index (Phi) is 4.81. The molecule has 4 nitrogen and oxygen atoms in total. The van der Waals surface area contributed by atoms with Crippen molar-refractivity contribution in [2.24, 2.45) is 0 Å². The molecule has 1 aliphatic rings. The van der Waals surface area contributed by atoms with Crippen molar-refractivity contribution in [2.45, 2.75) is 64.8 Å². The molecule has 18 heavy (non-hydrogen) atoms. The molecule has 2 rings (SSSR count). The molecule has 1 heterocycles. The number of hydrogen-bond donors (Lipinski definition) is 2. The third-order valence-electron chi connectivity index (χ3n) is 3.71. The fourth-order valence-electron chi connectivity index (χ4n) is 2.62. The molecule has 1 fully saturated rings. The standard InChI is InChI=1S/C13H22BrN3O/c1-3-17-11(13(14)9(2)16-17)8-15-10-6-4-5-7-12(10)18/h10,12,15,18H,3-8H2,1-2H3. The van der Waals surface area contributed by atoms with Crippen LogP contribution in [0.25, 0.3) is 0 Å². The smallest absolute Gasteiger partial charge is 0.0739 e. The quantitative estimate of drug-likeness (QED) is 0.897. The van der Waals surface area contributed by atoms with Gasteiger partial charge in [0.1, 0.15) is 0 Å². The van der Waals surface area contributed by atoms with Crippen LogP contribution >= 0.6 is 15.9 Å². The van der Waals surface area contributed by atoms with E-state index in [0.717, 1.165) is 42.5 Å². The summed E-state index contributed by atoms with van der Waals surface area (Å²) in [6.45, 7) is 5.74. The maximum Gasteiger partial charge on any atom is 0.0739 e. The predicted molar refractivity (Wildman–Crippen MR) is 75.4 cm³/mol. The molecule has 0 saturated heterocycles. The van der Waals surface area contributed by atoms with Gasteiger partial charge >= 0.3 is 0 Å². The monoisotopic (exact) mass is 315 g/mol. The summed E-state index contributed by atoms with van der Waals surface area (Å²) in [5.74, 6) is 0. The Bertz CT molecular complexity index is 405. The van der Waals surface area contributed by atoms with Gasteiger partial charge in [0.25, 0.3) is 0 Å². The van der Waals surface area contributed by atoms with Crippen molar-refractivity contribution < 1.29 is 5.11 Å². The van der Waals surface area contributed by atoms with Gasteiger partial charge in [-0.3, -0.25) is 4.68 Å². The van der Waals surface area contributed by atoms with Gasteiger partial charge in [-0.1, -0.05) is 12.8 Å². The van der Waals surface area contributed by atoms with E-state index in [1.54, 1.807) is 0 Å². The number of aromatic nitrogens is 2. The lowest BCUT2D eigenvalue weighted by Gasteiger charge is -2.28. The number of halogens is 1. The molecule has 1 aliphatic carbocycles. The number of nitrogens with zero attached hydrogens (tertiary/aromatic N) is 2. The van der Waals surface area contributed by atoms with Crippen LogP contribution < -0.4 is 5.32 Å². The average Bonchev–Trinajstić information content (AvgIpc) is 2.65. The number of hydrogen-bond acceptors (Lipinski definition) is 3. The summed E-state index contributed by atoms with van der Waals surface area (Å²) < 4.78 is 3.10. The maximum absolute atomic E-state index is 9.95. The molecule has 2 N–H and O–H groups in total. The third kappa shape index (κ3) is 2.95. The van der Waals surface area contributed by atoms with Crippen molar-refractivity contribution >= 4 is 15.9 Å². The van der Waals surface area contributed by atoms with Crippen molar-refractivity contribution in [3.8, 4) is 0 Å². The Labute approximate surface area is 117 Å². The van der Waals surface area contributed by atoms with E-state index in [1.165, 1.54) is 12.1 Å². The van der Waals surface area contributed by atoms with Gasteiger partial charge < -0.3 is 10.4 Å². The minimum absolute atomic E-state index is 0.198. The van der Waals surface area contributed by atoms with Gasteiger partial charge in [0.05, 0.1) is 22.0 Å². The van der Waals surface area contributed by atoms with Crippen molar-refractivity contribution in [3.05, 3.63) is 15.9 Å². The van der Waals surface area contributed by atoms with Gasteiger partial charge in [-0.2, -0.15) is 5.10 Å². The Morgan fingerprint density at radius 2 is 2.17 bits per heavy atom. The molecule has 0 amide bonds. The second-order valence-electron chi connectivity index (χ2n) is 5.00. The molecule has 102 valence electrons. The highest BCUT2D eigenvalue weighted by molar-refractivity contribution is 9.10. The molecule has 0 spiro atoms. The first-order valence-electron chi connectivity index (χ1n) is 6.76. The van der Waals surface area contributed by atoms with Crippen LogP contribution in [0.5, 0.6) is 0 Å². The number of nitrogens with one attached hydrogen (secondary N) is 1. The number of rotatable bonds is 4. The molecule has 0 aliphatic heterocycles. The van der Waals surface area contributed by atoms with Gasteiger partial charge in [-0.05, 0) is 42.6 Å². The lowest BCUT2D eigenvalue weighted by atomic mass is 9.92. The van der Waals surface area contributed by atoms with Crippen molar-refractivity contribution in [1.29, 1.82) is 0 Å². The highest BCUT2D eigenvalue weighted by atomic mass is 79.9. The largest absolute Gasteiger partial charge is 0.392 e. The Hall–Kier alpha value is -0.390. The van der Waals surface area contributed by atoms with E-state index in [2.05, 4.69) is 33.3 Å². The predicted octanol–water partition coefficient (Wildman–Crippen LogP) is 2.37. The molecule has 5 heteroatoms. The Morgan fingerprint density at radius 3 is 2.83 bits per heavy atom. The van der Waals surface area contributed by atoms with Crippen LogP contribution in [0, 0.1) is 6.92 Å². The summed E-state index contributed by atoms with van der Waals surface area (Å²) in [7, 11) is 0. The third-order valence-corrected chi connectivity index (χ3v) is 4.75. The van der Waals surface area contributed by atoms with Crippen molar-refractivity contribution in [3.63, 3.8) is 0 Å². The first-order chi connectivity index (χ1) is 8.63. The van der Waals surface area contributed by atoms with Gasteiger partial charge in [-0.15, -0.1) is 0 Å². The summed E-state index contributed by atoms with van der Waals surface area (Å²) in [6, 6.07) is 0.228. The van der Waals surface area contributed by atoms with Crippen LogP contribution in [-0.2, 0) is 13.1 Å². The van der Waals surface area contributed by atoms with Crippen LogP contribution in [0.15, 0.2) is 4.47 Å². The van der Waals surface area contributed by atoms with Gasteiger partial charge in [0.2, 0.25) is 0 Å². The molecule has 1 aromatic heterocycles. The number of aliphatic hydroxyl groups excluding tert-OH is 1. The highest BCUT2D eigenvalue weighted by Crippen LogP contribution is 2.23. The Balaban J connectivity index is 2.01. The molecule has 1 saturated carbocycles. The van der Waals surface area contributed by atoms with Gasteiger partial charge in [0, 0.05) is 19.1 Å². The zero-order chi connectivity index (χ0) is 13.1. The minimum atomic E-state index is -0.198. The van der Waals surface area contributed by atoms with E-state index < -0.39 is 0 Å². The minimum Gasteiger partial charge on any atom is -0.392 e. The molecular formula is C13H22BrN3O. The van der Waals surface area contributed by atoms with Crippen LogP contribution in [0.3, 0.4) is 0 Å². The number of aliphatic hydroxyl groups is 1. The molecule has 0 radical (unpaired) electrons. The first kappa shape index (κ1) is 14.0. The molecule has 0 aromatic carbocycles. The second kappa shape index (κ2) is 6.17. The lowest BCUT2D eigenvalue weighted by Crippen LogP contribution is -2.42. The first-order valence-corrected chi connectivity index (χ1v) is 7.56. The van der Waals surface area contributed by atoms with E-state index in [9.17, 15) is 5.11 Å². The van der Waals surface area contributed by atoms with Gasteiger partial charge in [0.15, 0.2) is 0 Å². The fraction of sp³-hybridized carbons (Fsp3) is 0.769. The van der Waals surface area contributed by atoms with E-state index in [1.807, 2.05) is 11.6 Å². The maximum atomic E-state index is 9.95. The lowest BCUT2D eigenvalue weighted by molar-refractivity contribution is 0.0898. The SMILES string of the molecule is CCn1nc(C)c(Br)c1CNC1CCCCC1O. The van der Waals surface area contributed by atoms with E-state index in [4.69, 9.17) is 0 Å². The summed E-state index contributed by atoms with van der Waals surface area (Å²) in [5.41, 5.74) is 2.20. The summed E-state index contributed by atoms with van der Waals surface area (Å²) >= 11 is 3.60. The topological polar surface area (TPSA) is 50.1 Å². The highest BCUT2D eigenvalue weighted by Gasteiger charge is 2.23. The fourth-order valence-corrected chi connectivity index (χ4v) is 3.04. The summed E-state index contributed by atoms with van der Waals surface area (Å²) in [5, 5.41) is 17.9. The average molecular weight is 316 g/mol. The zero-order valence-corrected chi connectivity index (χ0v) is 12.7. The van der Waals surface area contributed by atoms with Crippen LogP contribution in [0.4, 0.5) is 0 Å². The van der Waals surface area contributed by atoms with E-state index in [0.29, 0.717) is 0 Å². The molecule has 2 atom stereocenters. The van der Waals surface area contributed by atoms with Crippen LogP contribution in [-0.4, -0.2) is 27.0 Å². The zero-order valence-electron chi connectivity index (χ0n) is 11.1. The van der Waals surface area contributed by atoms with E-state index >= 15 is 0 Å². The molecule has 0 bridgehead atoms.